The highest BCUT2D eigenvalue weighted by Gasteiger charge is 2.33. The molecule has 0 spiro atoms. The normalized spacial score (nSPS) is 12.1. The summed E-state index contributed by atoms with van der Waals surface area (Å²) in [6.07, 6.45) is 1.07. The molecule has 0 fully saturated rings. The molecule has 2 amide bonds. The molecule has 218 valence electrons. The third-order valence-electron chi connectivity index (χ3n) is 6.62. The third kappa shape index (κ3) is 8.90. The number of nitrogens with one attached hydrogen (secondary N) is 1. The summed E-state index contributed by atoms with van der Waals surface area (Å²) in [4.78, 5) is 29.4. The summed E-state index contributed by atoms with van der Waals surface area (Å²) in [5, 5.41) is 4.05. The lowest BCUT2D eigenvalue weighted by atomic mass is 10.0. The molecule has 0 bridgehead atoms. The van der Waals surface area contributed by atoms with Crippen molar-refractivity contribution in [3.05, 3.63) is 141 Å². The lowest BCUT2D eigenvalue weighted by Crippen LogP contribution is -2.47. The van der Waals surface area contributed by atoms with Crippen LogP contribution in [0.3, 0.4) is 0 Å². The summed E-state index contributed by atoms with van der Waals surface area (Å²) in [5.41, 5.74) is 2.89. The van der Waals surface area contributed by atoms with Crippen molar-refractivity contribution < 1.29 is 18.0 Å². The van der Waals surface area contributed by atoms with Crippen LogP contribution in [-0.4, -0.2) is 42.2 Å². The SMILES string of the molecule is CS(=O)(=O)N(CC(=O)N(Cc1ccc(Cl)cc1)[C@@H](C(=O)NCc1ccc(Cl)cc1)c1ccccc1)Cc1ccccc1. The smallest absolute Gasteiger partial charge is 0.247 e. The molecule has 0 aromatic heterocycles. The van der Waals surface area contributed by atoms with Gasteiger partial charge in [0.1, 0.15) is 6.04 Å². The Bertz CT molecular complexity index is 1580. The molecule has 0 unspecified atom stereocenters. The number of rotatable bonds is 12. The van der Waals surface area contributed by atoms with Gasteiger partial charge in [-0.3, -0.25) is 9.59 Å². The second-order valence-corrected chi connectivity index (χ2v) is 12.7. The van der Waals surface area contributed by atoms with Crippen molar-refractivity contribution in [1.29, 1.82) is 0 Å². The molecule has 1 atom stereocenters. The van der Waals surface area contributed by atoms with Gasteiger partial charge in [0.05, 0.1) is 12.8 Å². The Morgan fingerprint density at radius 3 is 1.76 bits per heavy atom. The van der Waals surface area contributed by atoms with Crippen molar-refractivity contribution in [2.45, 2.75) is 25.7 Å². The molecule has 0 heterocycles. The van der Waals surface area contributed by atoms with E-state index in [4.69, 9.17) is 23.2 Å². The van der Waals surface area contributed by atoms with Crippen molar-refractivity contribution in [2.24, 2.45) is 0 Å². The number of hydrogen-bond donors (Lipinski definition) is 1. The number of halogens is 2. The van der Waals surface area contributed by atoms with Gasteiger partial charge in [0, 0.05) is 29.7 Å². The van der Waals surface area contributed by atoms with E-state index >= 15 is 0 Å². The molecule has 0 radical (unpaired) electrons. The van der Waals surface area contributed by atoms with Gasteiger partial charge in [0.25, 0.3) is 0 Å². The lowest BCUT2D eigenvalue weighted by molar-refractivity contribution is -0.141. The monoisotopic (exact) mass is 623 g/mol. The highest BCUT2D eigenvalue weighted by Crippen LogP contribution is 2.26. The predicted octanol–water partition coefficient (Wildman–Crippen LogP) is 5.84. The molecule has 7 nitrogen and oxygen atoms in total. The van der Waals surface area contributed by atoms with E-state index in [-0.39, 0.29) is 19.6 Å². The first kappa shape index (κ1) is 31.3. The van der Waals surface area contributed by atoms with E-state index in [2.05, 4.69) is 5.32 Å². The number of nitrogens with zero attached hydrogens (tertiary/aromatic N) is 2. The summed E-state index contributed by atoms with van der Waals surface area (Å²) >= 11 is 12.1. The molecule has 42 heavy (non-hydrogen) atoms. The topological polar surface area (TPSA) is 86.8 Å². The van der Waals surface area contributed by atoms with E-state index in [1.807, 2.05) is 24.3 Å². The Balaban J connectivity index is 1.69. The summed E-state index contributed by atoms with van der Waals surface area (Å²) in [7, 11) is -3.77. The van der Waals surface area contributed by atoms with Gasteiger partial charge < -0.3 is 10.2 Å². The van der Waals surface area contributed by atoms with Crippen LogP contribution in [0.1, 0.15) is 28.3 Å². The van der Waals surface area contributed by atoms with Crippen LogP contribution in [0.25, 0.3) is 0 Å². The average molecular weight is 625 g/mol. The van der Waals surface area contributed by atoms with Gasteiger partial charge in [0.2, 0.25) is 21.8 Å². The maximum atomic E-state index is 14.1. The average Bonchev–Trinajstić information content (AvgIpc) is 2.98. The number of amides is 2. The van der Waals surface area contributed by atoms with E-state index in [1.54, 1.807) is 84.9 Å². The Morgan fingerprint density at radius 2 is 1.21 bits per heavy atom. The highest BCUT2D eigenvalue weighted by molar-refractivity contribution is 7.88. The molecule has 1 N–H and O–H groups in total. The van der Waals surface area contributed by atoms with Crippen LogP contribution in [0.5, 0.6) is 0 Å². The molecular formula is C32H31Cl2N3O4S. The zero-order chi connectivity index (χ0) is 30.1. The second kappa shape index (κ2) is 14.5. The van der Waals surface area contributed by atoms with E-state index in [0.717, 1.165) is 27.3 Å². The van der Waals surface area contributed by atoms with Crippen molar-refractivity contribution in [2.75, 3.05) is 12.8 Å². The Hall–Kier alpha value is -3.69. The number of carbonyl (C=O) groups excluding carboxylic acids is 2. The fourth-order valence-electron chi connectivity index (χ4n) is 4.43. The molecule has 0 aliphatic rings. The fraction of sp³-hybridized carbons (Fsp3) is 0.188. The van der Waals surface area contributed by atoms with Crippen molar-refractivity contribution >= 4 is 45.0 Å². The molecule has 10 heteroatoms. The van der Waals surface area contributed by atoms with Gasteiger partial charge in [-0.05, 0) is 46.5 Å². The third-order valence-corrected chi connectivity index (χ3v) is 8.32. The maximum absolute atomic E-state index is 14.1. The second-order valence-electron chi connectivity index (χ2n) is 9.82. The van der Waals surface area contributed by atoms with E-state index in [9.17, 15) is 18.0 Å². The predicted molar refractivity (Wildman–Crippen MR) is 166 cm³/mol. The summed E-state index contributed by atoms with van der Waals surface area (Å²) < 4.78 is 26.7. The van der Waals surface area contributed by atoms with Crippen molar-refractivity contribution in [1.82, 2.24) is 14.5 Å². The van der Waals surface area contributed by atoms with Gasteiger partial charge in [-0.1, -0.05) is 108 Å². The van der Waals surface area contributed by atoms with Crippen molar-refractivity contribution in [3.63, 3.8) is 0 Å². The van der Waals surface area contributed by atoms with Crippen LogP contribution in [0.15, 0.2) is 109 Å². The zero-order valence-electron chi connectivity index (χ0n) is 23.0. The molecule has 4 aromatic carbocycles. The Labute approximate surface area is 256 Å². The minimum Gasteiger partial charge on any atom is -0.350 e. The first-order valence-corrected chi connectivity index (χ1v) is 15.8. The summed E-state index contributed by atoms with van der Waals surface area (Å²) in [6.45, 7) is -0.174. The lowest BCUT2D eigenvalue weighted by Gasteiger charge is -2.33. The molecule has 4 aromatic rings. The summed E-state index contributed by atoms with van der Waals surface area (Å²) in [5.74, 6) is -0.936. The van der Waals surface area contributed by atoms with Crippen LogP contribution in [-0.2, 0) is 39.2 Å². The van der Waals surface area contributed by atoms with Crippen LogP contribution >= 0.6 is 23.2 Å². The van der Waals surface area contributed by atoms with E-state index in [0.29, 0.717) is 15.6 Å². The van der Waals surface area contributed by atoms with Gasteiger partial charge in [-0.25, -0.2) is 8.42 Å². The Kier molecular flexibility index (Phi) is 10.8. The maximum Gasteiger partial charge on any atom is 0.247 e. The van der Waals surface area contributed by atoms with Gasteiger partial charge >= 0.3 is 0 Å². The zero-order valence-corrected chi connectivity index (χ0v) is 25.3. The Morgan fingerprint density at radius 1 is 0.714 bits per heavy atom. The molecule has 0 aliphatic heterocycles. The van der Waals surface area contributed by atoms with Crippen LogP contribution in [0.4, 0.5) is 0 Å². The largest absolute Gasteiger partial charge is 0.350 e. The molecule has 0 saturated carbocycles. The molecule has 0 aliphatic carbocycles. The van der Waals surface area contributed by atoms with Gasteiger partial charge in [-0.2, -0.15) is 4.31 Å². The van der Waals surface area contributed by atoms with Crippen LogP contribution in [0.2, 0.25) is 10.0 Å². The molecule has 0 saturated heterocycles. The number of carbonyl (C=O) groups is 2. The minimum atomic E-state index is -3.77. The van der Waals surface area contributed by atoms with Crippen LogP contribution in [0, 0.1) is 0 Å². The standard InChI is InChI=1S/C32H31Cl2N3O4S/c1-42(40,41)36(21-25-8-4-2-5-9-25)23-30(38)37(22-26-14-18-29(34)19-15-26)31(27-10-6-3-7-11-27)32(39)35-20-24-12-16-28(33)17-13-24/h2-19,31H,20-23H2,1H3,(H,35,39)/t31-/m1/s1. The molecular weight excluding hydrogens is 593 g/mol. The van der Waals surface area contributed by atoms with Crippen molar-refractivity contribution in [3.8, 4) is 0 Å². The van der Waals surface area contributed by atoms with E-state index < -0.39 is 34.4 Å². The van der Waals surface area contributed by atoms with Gasteiger partial charge in [0.15, 0.2) is 0 Å². The summed E-state index contributed by atoms with van der Waals surface area (Å²) in [6, 6.07) is 31.0. The number of sulfonamides is 1. The minimum absolute atomic E-state index is 0.0129. The highest BCUT2D eigenvalue weighted by atomic mass is 35.5. The van der Waals surface area contributed by atoms with E-state index in [1.165, 1.54) is 4.90 Å². The van der Waals surface area contributed by atoms with Gasteiger partial charge in [-0.15, -0.1) is 0 Å². The first-order chi connectivity index (χ1) is 20.1. The van der Waals surface area contributed by atoms with Crippen LogP contribution < -0.4 is 5.32 Å². The number of hydrogen-bond acceptors (Lipinski definition) is 4. The first-order valence-electron chi connectivity index (χ1n) is 13.2. The quantitative estimate of drug-likeness (QED) is 0.215. The fourth-order valence-corrected chi connectivity index (χ4v) is 5.41. The number of benzene rings is 4. The molecule has 4 rings (SSSR count).